The molecule has 0 aromatic heterocycles. The number of benzene rings is 1. The van der Waals surface area contributed by atoms with Crippen molar-refractivity contribution in [2.45, 2.75) is 23.5 Å². The maximum Gasteiger partial charge on any atom is 0.185 e. The molecule has 1 atom stereocenters. The second-order valence-electron chi connectivity index (χ2n) is 4.07. The van der Waals surface area contributed by atoms with Crippen LogP contribution in [-0.2, 0) is 14.6 Å². The summed E-state index contributed by atoms with van der Waals surface area (Å²) in [6.45, 7) is 2.66. The van der Waals surface area contributed by atoms with Crippen molar-refractivity contribution in [3.05, 3.63) is 23.8 Å². The summed E-state index contributed by atoms with van der Waals surface area (Å²) in [5, 5.41) is -0.447. The van der Waals surface area contributed by atoms with Gasteiger partial charge >= 0.3 is 0 Å². The van der Waals surface area contributed by atoms with E-state index in [1.165, 1.54) is 0 Å². The van der Waals surface area contributed by atoms with Gasteiger partial charge in [0.15, 0.2) is 9.84 Å². The smallest absolute Gasteiger partial charge is 0.185 e. The van der Waals surface area contributed by atoms with Crippen LogP contribution in [0, 0.1) is 6.92 Å². The fourth-order valence-electron chi connectivity index (χ4n) is 1.86. The van der Waals surface area contributed by atoms with Crippen molar-refractivity contribution < 1.29 is 13.2 Å². The van der Waals surface area contributed by atoms with Gasteiger partial charge in [0, 0.05) is 6.61 Å². The van der Waals surface area contributed by atoms with Crippen LogP contribution in [0.4, 0.5) is 5.69 Å². The van der Waals surface area contributed by atoms with Crippen LogP contribution >= 0.6 is 0 Å². The topological polar surface area (TPSA) is 69.4 Å². The minimum absolute atomic E-state index is 0.230. The molecule has 1 saturated heterocycles. The third-order valence-electron chi connectivity index (χ3n) is 2.80. The standard InChI is InChI=1S/C11H15NO3S/c1-8-2-3-11(10(12)6-8)16(13,14)9-4-5-15-7-9/h2-3,6,9H,4-5,7,12H2,1H3. The van der Waals surface area contributed by atoms with Crippen LogP contribution in [0.1, 0.15) is 12.0 Å². The Kier molecular flexibility index (Phi) is 2.90. The van der Waals surface area contributed by atoms with Gasteiger partial charge in [-0.2, -0.15) is 0 Å². The first-order valence-corrected chi connectivity index (χ1v) is 6.74. The summed E-state index contributed by atoms with van der Waals surface area (Å²) >= 11 is 0. The molecule has 2 rings (SSSR count). The van der Waals surface area contributed by atoms with E-state index < -0.39 is 15.1 Å². The normalized spacial score (nSPS) is 21.2. The van der Waals surface area contributed by atoms with Gasteiger partial charge in [-0.3, -0.25) is 0 Å². The molecule has 1 aliphatic rings. The largest absolute Gasteiger partial charge is 0.398 e. The van der Waals surface area contributed by atoms with Crippen LogP contribution in [-0.4, -0.2) is 26.9 Å². The van der Waals surface area contributed by atoms with E-state index in [2.05, 4.69) is 0 Å². The van der Waals surface area contributed by atoms with Crippen molar-refractivity contribution in [2.24, 2.45) is 0 Å². The molecule has 5 heteroatoms. The third-order valence-corrected chi connectivity index (χ3v) is 5.03. The number of sulfone groups is 1. The van der Waals surface area contributed by atoms with E-state index >= 15 is 0 Å². The Morgan fingerprint density at radius 1 is 1.44 bits per heavy atom. The molecule has 1 aromatic rings. The van der Waals surface area contributed by atoms with E-state index in [4.69, 9.17) is 10.5 Å². The summed E-state index contributed by atoms with van der Waals surface area (Å²) in [5.41, 5.74) is 7.04. The van der Waals surface area contributed by atoms with Crippen molar-refractivity contribution >= 4 is 15.5 Å². The first-order valence-electron chi connectivity index (χ1n) is 5.19. The number of hydrogen-bond donors (Lipinski definition) is 1. The molecule has 1 heterocycles. The zero-order valence-corrected chi connectivity index (χ0v) is 9.96. The summed E-state index contributed by atoms with van der Waals surface area (Å²) in [7, 11) is -3.34. The van der Waals surface area contributed by atoms with Gasteiger partial charge in [0.05, 0.1) is 22.4 Å². The highest BCUT2D eigenvalue weighted by Gasteiger charge is 2.32. The average Bonchev–Trinajstić information content (AvgIpc) is 2.69. The molecular weight excluding hydrogens is 226 g/mol. The van der Waals surface area contributed by atoms with Crippen molar-refractivity contribution in [1.29, 1.82) is 0 Å². The van der Waals surface area contributed by atoms with Crippen LogP contribution in [0.5, 0.6) is 0 Å². The Bertz CT molecular complexity index is 490. The molecular formula is C11H15NO3S. The number of ether oxygens (including phenoxy) is 1. The molecule has 2 N–H and O–H groups in total. The highest BCUT2D eigenvalue weighted by Crippen LogP contribution is 2.27. The maximum absolute atomic E-state index is 12.2. The van der Waals surface area contributed by atoms with Crippen LogP contribution in [0.15, 0.2) is 23.1 Å². The Labute approximate surface area is 95.3 Å². The second kappa shape index (κ2) is 4.07. The van der Waals surface area contributed by atoms with Gasteiger partial charge in [0.1, 0.15) is 0 Å². The van der Waals surface area contributed by atoms with Gasteiger partial charge < -0.3 is 10.5 Å². The van der Waals surface area contributed by atoms with E-state index in [-0.39, 0.29) is 11.5 Å². The number of nitrogen functional groups attached to an aromatic ring is 1. The van der Waals surface area contributed by atoms with Gasteiger partial charge in [-0.25, -0.2) is 8.42 Å². The molecule has 0 saturated carbocycles. The molecule has 0 spiro atoms. The van der Waals surface area contributed by atoms with Gasteiger partial charge in [0.25, 0.3) is 0 Å². The Hall–Kier alpha value is -1.07. The Morgan fingerprint density at radius 3 is 2.75 bits per heavy atom. The summed E-state index contributed by atoms with van der Waals surface area (Å²) in [6.07, 6.45) is 0.551. The quantitative estimate of drug-likeness (QED) is 0.788. The van der Waals surface area contributed by atoms with Gasteiger partial charge in [-0.15, -0.1) is 0 Å². The van der Waals surface area contributed by atoms with E-state index in [9.17, 15) is 8.42 Å². The van der Waals surface area contributed by atoms with Crippen molar-refractivity contribution in [3.8, 4) is 0 Å². The van der Waals surface area contributed by atoms with E-state index in [1.54, 1.807) is 18.2 Å². The van der Waals surface area contributed by atoms with E-state index in [0.717, 1.165) is 5.56 Å². The summed E-state index contributed by atoms with van der Waals surface area (Å²) in [4.78, 5) is 0.230. The zero-order chi connectivity index (χ0) is 11.8. The number of nitrogens with two attached hydrogens (primary N) is 1. The van der Waals surface area contributed by atoms with Gasteiger partial charge in [-0.1, -0.05) is 6.07 Å². The fraction of sp³-hybridized carbons (Fsp3) is 0.455. The lowest BCUT2D eigenvalue weighted by Gasteiger charge is -2.12. The second-order valence-corrected chi connectivity index (χ2v) is 6.27. The summed E-state index contributed by atoms with van der Waals surface area (Å²) < 4.78 is 29.5. The van der Waals surface area contributed by atoms with Crippen LogP contribution in [0.25, 0.3) is 0 Å². The molecule has 1 unspecified atom stereocenters. The number of hydrogen-bond acceptors (Lipinski definition) is 4. The Balaban J connectivity index is 2.42. The first kappa shape index (κ1) is 11.4. The molecule has 88 valence electrons. The predicted molar refractivity (Wildman–Crippen MR) is 62.0 cm³/mol. The minimum Gasteiger partial charge on any atom is -0.398 e. The minimum atomic E-state index is -3.34. The van der Waals surface area contributed by atoms with Crippen molar-refractivity contribution in [2.75, 3.05) is 18.9 Å². The lowest BCUT2D eigenvalue weighted by molar-refractivity contribution is 0.198. The summed E-state index contributed by atoms with van der Waals surface area (Å²) in [5.74, 6) is 0. The molecule has 16 heavy (non-hydrogen) atoms. The summed E-state index contributed by atoms with van der Waals surface area (Å²) in [6, 6.07) is 5.03. The average molecular weight is 241 g/mol. The van der Waals surface area contributed by atoms with Crippen LogP contribution in [0.2, 0.25) is 0 Å². The Morgan fingerprint density at radius 2 is 2.19 bits per heavy atom. The molecule has 1 aliphatic heterocycles. The van der Waals surface area contributed by atoms with Gasteiger partial charge in [-0.05, 0) is 31.0 Å². The molecule has 0 aliphatic carbocycles. The molecule has 4 nitrogen and oxygen atoms in total. The highest BCUT2D eigenvalue weighted by molar-refractivity contribution is 7.92. The molecule has 0 amide bonds. The molecule has 1 aromatic carbocycles. The SMILES string of the molecule is Cc1ccc(S(=O)(=O)C2CCOC2)c(N)c1. The monoisotopic (exact) mass is 241 g/mol. The zero-order valence-electron chi connectivity index (χ0n) is 9.14. The highest BCUT2D eigenvalue weighted by atomic mass is 32.2. The third kappa shape index (κ3) is 1.92. The lowest BCUT2D eigenvalue weighted by Crippen LogP contribution is -2.22. The molecule has 0 radical (unpaired) electrons. The van der Waals surface area contributed by atoms with E-state index in [1.807, 2.05) is 6.92 Å². The maximum atomic E-state index is 12.2. The van der Waals surface area contributed by atoms with Crippen LogP contribution < -0.4 is 5.73 Å². The van der Waals surface area contributed by atoms with E-state index in [0.29, 0.717) is 18.7 Å². The lowest BCUT2D eigenvalue weighted by atomic mass is 10.2. The number of aryl methyl sites for hydroxylation is 1. The van der Waals surface area contributed by atoms with Crippen LogP contribution in [0.3, 0.4) is 0 Å². The molecule has 1 fully saturated rings. The van der Waals surface area contributed by atoms with Crippen molar-refractivity contribution in [3.63, 3.8) is 0 Å². The number of anilines is 1. The first-order chi connectivity index (χ1) is 7.51. The van der Waals surface area contributed by atoms with Crippen molar-refractivity contribution in [1.82, 2.24) is 0 Å². The number of rotatable bonds is 2. The molecule has 0 bridgehead atoms. The predicted octanol–water partition coefficient (Wildman–Crippen LogP) is 1.14. The van der Waals surface area contributed by atoms with Gasteiger partial charge in [0.2, 0.25) is 0 Å². The fourth-order valence-corrected chi connectivity index (χ4v) is 3.55.